The molecular weight excluding hydrogens is 324 g/mol. The van der Waals surface area contributed by atoms with Gasteiger partial charge < -0.3 is 14.9 Å². The SMILES string of the molecule is Cc1noc(C)c1C(=O)Nc1cccc(-n2ncc(C(=O)O)c2C)c1. The molecule has 0 unspecified atom stereocenters. The Morgan fingerprint density at radius 1 is 1.24 bits per heavy atom. The van der Waals surface area contributed by atoms with Crippen molar-refractivity contribution < 1.29 is 19.2 Å². The number of hydrogen-bond acceptors (Lipinski definition) is 5. The van der Waals surface area contributed by atoms with E-state index >= 15 is 0 Å². The molecule has 1 amide bonds. The number of carboxylic acid groups (broad SMARTS) is 1. The number of rotatable bonds is 4. The van der Waals surface area contributed by atoms with Crippen molar-refractivity contribution >= 4 is 17.6 Å². The van der Waals surface area contributed by atoms with E-state index in [0.717, 1.165) is 0 Å². The van der Waals surface area contributed by atoms with E-state index in [1.54, 1.807) is 45.0 Å². The van der Waals surface area contributed by atoms with Crippen LogP contribution in [0.2, 0.25) is 0 Å². The molecule has 0 saturated carbocycles. The predicted octanol–water partition coefficient (Wildman–Crippen LogP) is 2.74. The van der Waals surface area contributed by atoms with Gasteiger partial charge in [0.1, 0.15) is 16.9 Å². The Kier molecular flexibility index (Phi) is 4.10. The van der Waals surface area contributed by atoms with E-state index in [1.165, 1.54) is 10.9 Å². The third-order valence-corrected chi connectivity index (χ3v) is 3.85. The van der Waals surface area contributed by atoms with E-state index in [9.17, 15) is 9.59 Å². The second-order valence-corrected chi connectivity index (χ2v) is 5.56. The predicted molar refractivity (Wildman–Crippen MR) is 89.2 cm³/mol. The van der Waals surface area contributed by atoms with E-state index in [1.807, 2.05) is 0 Å². The number of benzene rings is 1. The van der Waals surface area contributed by atoms with E-state index in [-0.39, 0.29) is 11.5 Å². The Morgan fingerprint density at radius 3 is 2.60 bits per heavy atom. The highest BCUT2D eigenvalue weighted by Crippen LogP contribution is 2.20. The normalized spacial score (nSPS) is 10.7. The largest absolute Gasteiger partial charge is 0.478 e. The van der Waals surface area contributed by atoms with Gasteiger partial charge in [-0.1, -0.05) is 11.2 Å². The number of aromatic carboxylic acids is 1. The maximum Gasteiger partial charge on any atom is 0.339 e. The number of aromatic nitrogens is 3. The van der Waals surface area contributed by atoms with Crippen LogP contribution in [-0.2, 0) is 0 Å². The molecule has 0 spiro atoms. The average Bonchev–Trinajstić information content (AvgIpc) is 3.10. The minimum Gasteiger partial charge on any atom is -0.478 e. The summed E-state index contributed by atoms with van der Waals surface area (Å²) in [6, 6.07) is 6.97. The van der Waals surface area contributed by atoms with Crippen LogP contribution >= 0.6 is 0 Å². The standard InChI is InChI=1S/C17H16N4O4/c1-9-15(11(3)25-20-9)16(22)19-12-5-4-6-13(7-12)21-10(2)14(8-18-21)17(23)24/h4-8H,1-3H3,(H,19,22)(H,23,24). The topological polar surface area (TPSA) is 110 Å². The van der Waals surface area contributed by atoms with Gasteiger partial charge in [0, 0.05) is 5.69 Å². The highest BCUT2D eigenvalue weighted by Gasteiger charge is 2.18. The fraction of sp³-hybridized carbons (Fsp3) is 0.176. The van der Waals surface area contributed by atoms with Crippen molar-refractivity contribution in [3.05, 3.63) is 58.7 Å². The van der Waals surface area contributed by atoms with Gasteiger partial charge in [-0.05, 0) is 39.0 Å². The fourth-order valence-corrected chi connectivity index (χ4v) is 2.60. The molecule has 128 valence electrons. The van der Waals surface area contributed by atoms with Crippen molar-refractivity contribution in [3.8, 4) is 5.69 Å². The number of carboxylic acids is 1. The molecule has 25 heavy (non-hydrogen) atoms. The highest BCUT2D eigenvalue weighted by molar-refractivity contribution is 6.05. The van der Waals surface area contributed by atoms with E-state index < -0.39 is 5.97 Å². The Labute approximate surface area is 143 Å². The molecule has 0 saturated heterocycles. The first kappa shape index (κ1) is 16.4. The quantitative estimate of drug-likeness (QED) is 0.755. The summed E-state index contributed by atoms with van der Waals surface area (Å²) in [5.41, 5.74) is 2.73. The summed E-state index contributed by atoms with van der Waals surface area (Å²) >= 11 is 0. The molecule has 0 atom stereocenters. The molecule has 0 aliphatic carbocycles. The van der Waals surface area contributed by atoms with Gasteiger partial charge in [-0.25, -0.2) is 9.48 Å². The van der Waals surface area contributed by atoms with E-state index in [0.29, 0.717) is 34.1 Å². The monoisotopic (exact) mass is 340 g/mol. The summed E-state index contributed by atoms with van der Waals surface area (Å²) in [7, 11) is 0. The van der Waals surface area contributed by atoms with Crippen molar-refractivity contribution in [2.75, 3.05) is 5.32 Å². The molecule has 0 fully saturated rings. The zero-order chi connectivity index (χ0) is 18.1. The molecule has 3 rings (SSSR count). The zero-order valence-electron chi connectivity index (χ0n) is 13.9. The number of nitrogens with one attached hydrogen (secondary N) is 1. The summed E-state index contributed by atoms with van der Waals surface area (Å²) < 4.78 is 6.52. The minimum absolute atomic E-state index is 0.130. The summed E-state index contributed by atoms with van der Waals surface area (Å²) in [5, 5.41) is 19.8. The maximum atomic E-state index is 12.4. The average molecular weight is 340 g/mol. The molecule has 0 aliphatic heterocycles. The molecular formula is C17H16N4O4. The molecule has 0 bridgehead atoms. The molecule has 0 aliphatic rings. The van der Waals surface area contributed by atoms with Crippen LogP contribution in [0.5, 0.6) is 0 Å². The fourth-order valence-electron chi connectivity index (χ4n) is 2.60. The molecule has 3 aromatic rings. The van der Waals surface area contributed by atoms with Gasteiger partial charge in [0.2, 0.25) is 0 Å². The Bertz CT molecular complexity index is 951. The Morgan fingerprint density at radius 2 is 2.00 bits per heavy atom. The Hall–Kier alpha value is -3.42. The molecule has 1 aromatic carbocycles. The van der Waals surface area contributed by atoms with Crippen molar-refractivity contribution in [2.24, 2.45) is 0 Å². The summed E-state index contributed by atoms with van der Waals surface area (Å²) in [4.78, 5) is 23.6. The molecule has 8 nitrogen and oxygen atoms in total. The summed E-state index contributed by atoms with van der Waals surface area (Å²) in [6.45, 7) is 5.04. The van der Waals surface area contributed by atoms with Gasteiger partial charge in [-0.15, -0.1) is 0 Å². The van der Waals surface area contributed by atoms with Crippen LogP contribution in [0.1, 0.15) is 37.9 Å². The van der Waals surface area contributed by atoms with Crippen LogP contribution in [0, 0.1) is 20.8 Å². The van der Waals surface area contributed by atoms with Gasteiger partial charge in [0.05, 0.1) is 23.3 Å². The number of aryl methyl sites for hydroxylation is 2. The lowest BCUT2D eigenvalue weighted by molar-refractivity contribution is 0.0696. The first-order valence-corrected chi connectivity index (χ1v) is 7.51. The molecule has 8 heteroatoms. The highest BCUT2D eigenvalue weighted by atomic mass is 16.5. The van der Waals surface area contributed by atoms with Crippen LogP contribution in [0.15, 0.2) is 35.0 Å². The Balaban J connectivity index is 1.90. The second-order valence-electron chi connectivity index (χ2n) is 5.56. The van der Waals surface area contributed by atoms with Gasteiger partial charge in [0.15, 0.2) is 0 Å². The first-order valence-electron chi connectivity index (χ1n) is 7.51. The number of amides is 1. The lowest BCUT2D eigenvalue weighted by Gasteiger charge is -2.09. The van der Waals surface area contributed by atoms with Gasteiger partial charge >= 0.3 is 5.97 Å². The van der Waals surface area contributed by atoms with Gasteiger partial charge in [0.25, 0.3) is 5.91 Å². The van der Waals surface area contributed by atoms with Crippen molar-refractivity contribution in [1.29, 1.82) is 0 Å². The van der Waals surface area contributed by atoms with Crippen molar-refractivity contribution in [1.82, 2.24) is 14.9 Å². The van der Waals surface area contributed by atoms with Crippen LogP contribution in [0.25, 0.3) is 5.69 Å². The summed E-state index contributed by atoms with van der Waals surface area (Å²) in [6.07, 6.45) is 1.30. The third-order valence-electron chi connectivity index (χ3n) is 3.85. The first-order chi connectivity index (χ1) is 11.9. The number of carbonyl (C=O) groups excluding carboxylic acids is 1. The van der Waals surface area contributed by atoms with Crippen LogP contribution in [0.4, 0.5) is 5.69 Å². The second kappa shape index (κ2) is 6.23. The van der Waals surface area contributed by atoms with E-state index in [4.69, 9.17) is 9.63 Å². The molecule has 2 aromatic heterocycles. The van der Waals surface area contributed by atoms with Gasteiger partial charge in [-0.2, -0.15) is 5.10 Å². The minimum atomic E-state index is -1.04. The summed E-state index contributed by atoms with van der Waals surface area (Å²) in [5.74, 6) is -0.913. The smallest absolute Gasteiger partial charge is 0.339 e. The van der Waals surface area contributed by atoms with E-state index in [2.05, 4.69) is 15.6 Å². The van der Waals surface area contributed by atoms with Crippen LogP contribution in [-0.4, -0.2) is 31.9 Å². The van der Waals surface area contributed by atoms with Crippen LogP contribution < -0.4 is 5.32 Å². The molecule has 2 heterocycles. The third kappa shape index (κ3) is 3.01. The number of nitrogens with zero attached hydrogens (tertiary/aromatic N) is 3. The number of carbonyl (C=O) groups is 2. The van der Waals surface area contributed by atoms with Crippen molar-refractivity contribution in [3.63, 3.8) is 0 Å². The molecule has 0 radical (unpaired) electrons. The van der Waals surface area contributed by atoms with Gasteiger partial charge in [-0.3, -0.25) is 4.79 Å². The number of anilines is 1. The maximum absolute atomic E-state index is 12.4. The van der Waals surface area contributed by atoms with Crippen molar-refractivity contribution in [2.45, 2.75) is 20.8 Å². The lowest BCUT2D eigenvalue weighted by atomic mass is 10.2. The zero-order valence-corrected chi connectivity index (χ0v) is 13.9. The van der Waals surface area contributed by atoms with Crippen LogP contribution in [0.3, 0.4) is 0 Å². The number of hydrogen-bond donors (Lipinski definition) is 2. The lowest BCUT2D eigenvalue weighted by Crippen LogP contribution is -2.14. The molecule has 2 N–H and O–H groups in total.